The van der Waals surface area contributed by atoms with Gasteiger partial charge in [0.1, 0.15) is 5.82 Å². The zero-order valence-electron chi connectivity index (χ0n) is 14.1. The van der Waals surface area contributed by atoms with Crippen LogP contribution in [0.4, 0.5) is 14.5 Å². The molecule has 7 heteroatoms. The molecule has 0 atom stereocenters. The van der Waals surface area contributed by atoms with Crippen LogP contribution >= 0.6 is 0 Å². The van der Waals surface area contributed by atoms with Gasteiger partial charge in [-0.05, 0) is 36.8 Å². The summed E-state index contributed by atoms with van der Waals surface area (Å²) in [5.41, 5.74) is 1.54. The molecule has 0 spiro atoms. The summed E-state index contributed by atoms with van der Waals surface area (Å²) >= 11 is 0. The lowest BCUT2D eigenvalue weighted by molar-refractivity contribution is -0.118. The van der Waals surface area contributed by atoms with E-state index in [0.717, 1.165) is 12.1 Å². The highest BCUT2D eigenvalue weighted by Gasteiger charge is 2.15. The smallest absolute Gasteiger partial charge is 0.262 e. The molecule has 2 aromatic carbocycles. The Morgan fingerprint density at radius 1 is 1.16 bits per heavy atom. The van der Waals surface area contributed by atoms with Crippen LogP contribution in [-0.4, -0.2) is 37.4 Å². The molecular formula is C18H18F2N2O3. The highest BCUT2D eigenvalue weighted by atomic mass is 19.1. The largest absolute Gasteiger partial charge is 0.481 e. The Morgan fingerprint density at radius 2 is 1.88 bits per heavy atom. The first-order valence-electron chi connectivity index (χ1n) is 7.48. The summed E-state index contributed by atoms with van der Waals surface area (Å²) in [7, 11) is 3.27. The van der Waals surface area contributed by atoms with Gasteiger partial charge in [-0.3, -0.25) is 9.59 Å². The van der Waals surface area contributed by atoms with Crippen molar-refractivity contribution < 1.29 is 23.1 Å². The summed E-state index contributed by atoms with van der Waals surface area (Å²) in [5.74, 6) is -2.54. The van der Waals surface area contributed by atoms with Crippen LogP contribution in [0.5, 0.6) is 5.75 Å². The standard InChI is InChI=1S/C18H18F2N2O3/c1-11-13(18(24)22(2)3)5-4-6-15(11)21-17(23)10-25-16-8-7-12(19)9-14(16)20/h4-9H,10H2,1-3H3,(H,21,23). The average molecular weight is 348 g/mol. The fraction of sp³-hybridized carbons (Fsp3) is 0.222. The Morgan fingerprint density at radius 3 is 2.52 bits per heavy atom. The molecule has 0 heterocycles. The Hall–Kier alpha value is -2.96. The van der Waals surface area contributed by atoms with Crippen LogP contribution in [0.3, 0.4) is 0 Å². The van der Waals surface area contributed by atoms with E-state index in [-0.39, 0.29) is 11.7 Å². The number of anilines is 1. The second-order valence-electron chi connectivity index (χ2n) is 5.59. The summed E-state index contributed by atoms with van der Waals surface area (Å²) in [6.45, 7) is 1.26. The van der Waals surface area contributed by atoms with Crippen LogP contribution in [0.15, 0.2) is 36.4 Å². The number of amides is 2. The Labute approximate surface area is 144 Å². The van der Waals surface area contributed by atoms with E-state index in [2.05, 4.69) is 5.32 Å². The van der Waals surface area contributed by atoms with Crippen molar-refractivity contribution in [3.05, 3.63) is 59.2 Å². The summed E-state index contributed by atoms with van der Waals surface area (Å²) < 4.78 is 31.4. The normalized spacial score (nSPS) is 10.3. The van der Waals surface area contributed by atoms with Crippen LogP contribution in [0.2, 0.25) is 0 Å². The maximum absolute atomic E-state index is 13.5. The molecular weight excluding hydrogens is 330 g/mol. The molecule has 0 bridgehead atoms. The van der Waals surface area contributed by atoms with Gasteiger partial charge in [-0.25, -0.2) is 8.78 Å². The van der Waals surface area contributed by atoms with E-state index >= 15 is 0 Å². The van der Waals surface area contributed by atoms with Gasteiger partial charge < -0.3 is 15.0 Å². The molecule has 0 fully saturated rings. The van der Waals surface area contributed by atoms with Gasteiger partial charge in [0.15, 0.2) is 18.2 Å². The van der Waals surface area contributed by atoms with Gasteiger partial charge in [0.05, 0.1) is 0 Å². The van der Waals surface area contributed by atoms with E-state index in [9.17, 15) is 18.4 Å². The number of nitrogens with one attached hydrogen (secondary N) is 1. The third kappa shape index (κ3) is 4.53. The summed E-state index contributed by atoms with van der Waals surface area (Å²) in [6.07, 6.45) is 0. The quantitative estimate of drug-likeness (QED) is 0.904. The van der Waals surface area contributed by atoms with Crippen molar-refractivity contribution in [3.8, 4) is 5.75 Å². The summed E-state index contributed by atoms with van der Waals surface area (Å²) in [4.78, 5) is 25.5. The Kier molecular flexibility index (Phi) is 5.69. The first-order chi connectivity index (χ1) is 11.8. The van der Waals surface area contributed by atoms with Gasteiger partial charge in [-0.15, -0.1) is 0 Å². The molecule has 0 unspecified atom stereocenters. The van der Waals surface area contributed by atoms with E-state index in [1.54, 1.807) is 39.2 Å². The molecule has 1 N–H and O–H groups in total. The van der Waals surface area contributed by atoms with Gasteiger partial charge in [-0.2, -0.15) is 0 Å². The van der Waals surface area contributed by atoms with E-state index < -0.39 is 24.1 Å². The molecule has 2 aromatic rings. The zero-order valence-corrected chi connectivity index (χ0v) is 14.1. The molecule has 132 valence electrons. The van der Waals surface area contributed by atoms with E-state index in [0.29, 0.717) is 22.9 Å². The van der Waals surface area contributed by atoms with Crippen molar-refractivity contribution in [1.82, 2.24) is 4.90 Å². The molecule has 0 saturated heterocycles. The van der Waals surface area contributed by atoms with Crippen molar-refractivity contribution in [2.75, 3.05) is 26.0 Å². The Bertz CT molecular complexity index is 807. The monoisotopic (exact) mass is 348 g/mol. The predicted octanol–water partition coefficient (Wildman–Crippen LogP) is 2.99. The SMILES string of the molecule is Cc1c(NC(=O)COc2ccc(F)cc2F)cccc1C(=O)N(C)C. The lowest BCUT2D eigenvalue weighted by Crippen LogP contribution is -2.24. The molecule has 0 aliphatic carbocycles. The van der Waals surface area contributed by atoms with Gasteiger partial charge >= 0.3 is 0 Å². The molecule has 0 saturated carbocycles. The molecule has 2 amide bonds. The second kappa shape index (κ2) is 7.74. The number of hydrogen-bond acceptors (Lipinski definition) is 3. The van der Waals surface area contributed by atoms with Crippen molar-refractivity contribution in [3.63, 3.8) is 0 Å². The number of benzene rings is 2. The van der Waals surface area contributed by atoms with Crippen molar-refractivity contribution in [2.45, 2.75) is 6.92 Å². The molecule has 0 aliphatic rings. The highest BCUT2D eigenvalue weighted by Crippen LogP contribution is 2.21. The van der Waals surface area contributed by atoms with Crippen molar-refractivity contribution >= 4 is 17.5 Å². The predicted molar refractivity (Wildman–Crippen MR) is 89.7 cm³/mol. The lowest BCUT2D eigenvalue weighted by Gasteiger charge is -2.15. The Balaban J connectivity index is 2.05. The molecule has 5 nitrogen and oxygen atoms in total. The minimum atomic E-state index is -0.887. The minimum absolute atomic E-state index is 0.182. The van der Waals surface area contributed by atoms with Gasteiger partial charge in [0.25, 0.3) is 11.8 Å². The van der Waals surface area contributed by atoms with Crippen LogP contribution in [0.25, 0.3) is 0 Å². The van der Waals surface area contributed by atoms with Crippen molar-refractivity contribution in [1.29, 1.82) is 0 Å². The summed E-state index contributed by atoms with van der Waals surface area (Å²) in [5, 5.41) is 2.61. The number of ether oxygens (including phenoxy) is 1. The number of nitrogens with zero attached hydrogens (tertiary/aromatic N) is 1. The lowest BCUT2D eigenvalue weighted by atomic mass is 10.1. The first kappa shape index (κ1) is 18.4. The first-order valence-corrected chi connectivity index (χ1v) is 7.48. The van der Waals surface area contributed by atoms with Gasteiger partial charge in [0, 0.05) is 31.4 Å². The number of hydrogen-bond donors (Lipinski definition) is 1. The van der Waals surface area contributed by atoms with Crippen molar-refractivity contribution in [2.24, 2.45) is 0 Å². The van der Waals surface area contributed by atoms with E-state index in [1.807, 2.05) is 0 Å². The molecule has 25 heavy (non-hydrogen) atoms. The average Bonchev–Trinajstić information content (AvgIpc) is 2.55. The topological polar surface area (TPSA) is 58.6 Å². The van der Waals surface area contributed by atoms with Crippen LogP contribution in [0.1, 0.15) is 15.9 Å². The fourth-order valence-electron chi connectivity index (χ4n) is 2.17. The van der Waals surface area contributed by atoms with Gasteiger partial charge in [0.2, 0.25) is 0 Å². The number of carbonyl (C=O) groups is 2. The molecule has 2 rings (SSSR count). The highest BCUT2D eigenvalue weighted by molar-refractivity contribution is 5.99. The van der Waals surface area contributed by atoms with Crippen LogP contribution < -0.4 is 10.1 Å². The number of halogens is 2. The maximum Gasteiger partial charge on any atom is 0.262 e. The molecule has 0 radical (unpaired) electrons. The maximum atomic E-state index is 13.5. The zero-order chi connectivity index (χ0) is 18.6. The van der Waals surface area contributed by atoms with Gasteiger partial charge in [-0.1, -0.05) is 6.07 Å². The van der Waals surface area contributed by atoms with Crippen LogP contribution in [0, 0.1) is 18.6 Å². The van der Waals surface area contributed by atoms with E-state index in [1.165, 1.54) is 4.90 Å². The number of rotatable bonds is 5. The third-order valence-corrected chi connectivity index (χ3v) is 3.50. The van der Waals surface area contributed by atoms with Crippen LogP contribution in [-0.2, 0) is 4.79 Å². The number of carbonyl (C=O) groups excluding carboxylic acids is 2. The summed E-state index contributed by atoms with van der Waals surface area (Å²) in [6, 6.07) is 7.79. The van der Waals surface area contributed by atoms with E-state index in [4.69, 9.17) is 4.74 Å². The molecule has 0 aromatic heterocycles. The fourth-order valence-corrected chi connectivity index (χ4v) is 2.17. The molecule has 0 aliphatic heterocycles. The third-order valence-electron chi connectivity index (χ3n) is 3.50. The second-order valence-corrected chi connectivity index (χ2v) is 5.59. The minimum Gasteiger partial charge on any atom is -0.481 e.